The van der Waals surface area contributed by atoms with E-state index in [2.05, 4.69) is 20.4 Å². The van der Waals surface area contributed by atoms with Crippen LogP contribution < -0.4 is 4.74 Å². The predicted octanol–water partition coefficient (Wildman–Crippen LogP) is 0.528. The van der Waals surface area contributed by atoms with Crippen molar-refractivity contribution in [1.82, 2.24) is 29.4 Å². The van der Waals surface area contributed by atoms with Crippen LogP contribution in [0.2, 0.25) is 0 Å². The highest BCUT2D eigenvalue weighted by Gasteiger charge is 2.26. The molecule has 10 heteroatoms. The first-order valence-electron chi connectivity index (χ1n) is 8.74. The van der Waals surface area contributed by atoms with Gasteiger partial charge in [-0.25, -0.2) is 8.42 Å². The van der Waals surface area contributed by atoms with E-state index in [1.54, 1.807) is 15.9 Å². The number of sulfonamides is 1. The van der Waals surface area contributed by atoms with Crippen LogP contribution in [0, 0.1) is 0 Å². The third kappa shape index (κ3) is 4.19. The molecule has 2 aromatic rings. The largest absolute Gasteiger partial charge is 0.494 e. The molecule has 1 aliphatic rings. The first-order valence-corrected chi connectivity index (χ1v) is 10.3. The number of tetrazole rings is 1. The lowest BCUT2D eigenvalue weighted by Crippen LogP contribution is -2.48. The Hall–Kier alpha value is -2.04. The standard InChI is InChI=1S/C16H24N6O3S/c1-3-25-15-7-5-14(6-8-15)22-16(17-18-19-22)13-20-9-11-21(12-10-20)26(23,24)4-2/h5-8H,3-4,9-13H2,1-2H3. The molecule has 1 fully saturated rings. The fraction of sp³-hybridized carbons (Fsp3) is 0.562. The van der Waals surface area contributed by atoms with Crippen molar-refractivity contribution in [2.75, 3.05) is 38.5 Å². The summed E-state index contributed by atoms with van der Waals surface area (Å²) in [6.45, 7) is 7.13. The Balaban J connectivity index is 1.65. The minimum atomic E-state index is -3.12. The SMILES string of the molecule is CCOc1ccc(-n2nnnc2CN2CCN(S(=O)(=O)CC)CC2)cc1. The van der Waals surface area contributed by atoms with E-state index in [0.29, 0.717) is 39.3 Å². The van der Waals surface area contributed by atoms with Crippen molar-refractivity contribution in [3.8, 4) is 11.4 Å². The number of rotatable bonds is 7. The molecule has 1 saturated heterocycles. The molecule has 0 radical (unpaired) electrons. The minimum absolute atomic E-state index is 0.142. The van der Waals surface area contributed by atoms with Gasteiger partial charge in [0.1, 0.15) is 5.75 Å². The third-order valence-corrected chi connectivity index (χ3v) is 6.26. The van der Waals surface area contributed by atoms with E-state index in [1.165, 1.54) is 0 Å². The van der Waals surface area contributed by atoms with Gasteiger partial charge >= 0.3 is 0 Å². The fourth-order valence-corrected chi connectivity index (χ4v) is 3.99. The molecule has 2 heterocycles. The summed E-state index contributed by atoms with van der Waals surface area (Å²) in [5.74, 6) is 1.67. The molecule has 0 amide bonds. The van der Waals surface area contributed by atoms with Gasteiger partial charge < -0.3 is 4.74 Å². The van der Waals surface area contributed by atoms with E-state index in [9.17, 15) is 8.42 Å². The van der Waals surface area contributed by atoms with Gasteiger partial charge in [0.15, 0.2) is 5.82 Å². The Labute approximate surface area is 153 Å². The number of aromatic nitrogens is 4. The van der Waals surface area contributed by atoms with Gasteiger partial charge in [-0.2, -0.15) is 8.99 Å². The predicted molar refractivity (Wildman–Crippen MR) is 96.6 cm³/mol. The summed E-state index contributed by atoms with van der Waals surface area (Å²) in [7, 11) is -3.12. The molecule has 0 atom stereocenters. The van der Waals surface area contributed by atoms with Gasteiger partial charge in [-0.3, -0.25) is 4.90 Å². The second-order valence-electron chi connectivity index (χ2n) is 6.01. The first kappa shape index (κ1) is 18.7. The van der Waals surface area contributed by atoms with E-state index in [0.717, 1.165) is 17.3 Å². The van der Waals surface area contributed by atoms with Gasteiger partial charge in [-0.05, 0) is 48.5 Å². The molecule has 0 saturated carbocycles. The highest BCUT2D eigenvalue weighted by molar-refractivity contribution is 7.89. The van der Waals surface area contributed by atoms with Gasteiger partial charge in [0, 0.05) is 26.2 Å². The van der Waals surface area contributed by atoms with Crippen molar-refractivity contribution in [1.29, 1.82) is 0 Å². The Kier molecular flexibility index (Phi) is 5.84. The van der Waals surface area contributed by atoms with Crippen LogP contribution in [0.5, 0.6) is 5.75 Å². The summed E-state index contributed by atoms with van der Waals surface area (Å²) in [5.41, 5.74) is 0.862. The monoisotopic (exact) mass is 380 g/mol. The lowest BCUT2D eigenvalue weighted by atomic mass is 10.3. The van der Waals surface area contributed by atoms with Crippen molar-refractivity contribution in [3.05, 3.63) is 30.1 Å². The van der Waals surface area contributed by atoms with Crippen LogP contribution in [0.25, 0.3) is 5.69 Å². The van der Waals surface area contributed by atoms with Crippen molar-refractivity contribution in [2.45, 2.75) is 20.4 Å². The maximum absolute atomic E-state index is 12.0. The lowest BCUT2D eigenvalue weighted by Gasteiger charge is -2.33. The molecule has 9 nitrogen and oxygen atoms in total. The van der Waals surface area contributed by atoms with Crippen LogP contribution in [0.4, 0.5) is 0 Å². The van der Waals surface area contributed by atoms with Crippen molar-refractivity contribution in [3.63, 3.8) is 0 Å². The molecule has 26 heavy (non-hydrogen) atoms. The highest BCUT2D eigenvalue weighted by atomic mass is 32.2. The zero-order valence-electron chi connectivity index (χ0n) is 15.1. The van der Waals surface area contributed by atoms with Crippen LogP contribution in [-0.4, -0.2) is 76.4 Å². The molecule has 1 aliphatic heterocycles. The molecule has 0 unspecified atom stereocenters. The summed E-state index contributed by atoms with van der Waals surface area (Å²) in [4.78, 5) is 2.17. The lowest BCUT2D eigenvalue weighted by molar-refractivity contribution is 0.177. The summed E-state index contributed by atoms with van der Waals surface area (Å²) < 4.78 is 32.6. The second-order valence-corrected chi connectivity index (χ2v) is 8.27. The Morgan fingerprint density at radius 1 is 1.08 bits per heavy atom. The zero-order valence-corrected chi connectivity index (χ0v) is 15.9. The van der Waals surface area contributed by atoms with Gasteiger partial charge in [0.05, 0.1) is 24.6 Å². The number of hydrogen-bond donors (Lipinski definition) is 0. The van der Waals surface area contributed by atoms with E-state index in [1.807, 2.05) is 31.2 Å². The van der Waals surface area contributed by atoms with E-state index in [4.69, 9.17) is 4.74 Å². The summed E-state index contributed by atoms with van der Waals surface area (Å²) in [5, 5.41) is 12.0. The highest BCUT2D eigenvalue weighted by Crippen LogP contribution is 2.17. The van der Waals surface area contributed by atoms with Crippen molar-refractivity contribution in [2.24, 2.45) is 0 Å². The number of hydrogen-bond acceptors (Lipinski definition) is 7. The Morgan fingerprint density at radius 3 is 2.38 bits per heavy atom. The van der Waals surface area contributed by atoms with Crippen LogP contribution >= 0.6 is 0 Å². The molecule has 0 spiro atoms. The smallest absolute Gasteiger partial charge is 0.213 e. The van der Waals surface area contributed by atoms with E-state index < -0.39 is 10.0 Å². The van der Waals surface area contributed by atoms with Gasteiger partial charge in [0.2, 0.25) is 10.0 Å². The average Bonchev–Trinajstić information content (AvgIpc) is 3.11. The molecule has 0 N–H and O–H groups in total. The number of piperazine rings is 1. The second kappa shape index (κ2) is 8.11. The molecule has 142 valence electrons. The molecule has 3 rings (SSSR count). The van der Waals surface area contributed by atoms with E-state index in [-0.39, 0.29) is 5.75 Å². The molecule has 1 aromatic heterocycles. The molecular weight excluding hydrogens is 356 g/mol. The fourth-order valence-electron chi connectivity index (χ4n) is 2.90. The Bertz CT molecular complexity index is 813. The van der Waals surface area contributed by atoms with Crippen molar-refractivity contribution >= 4 is 10.0 Å². The summed E-state index contributed by atoms with van der Waals surface area (Å²) in [6, 6.07) is 7.60. The third-order valence-electron chi connectivity index (χ3n) is 4.38. The summed E-state index contributed by atoms with van der Waals surface area (Å²) >= 11 is 0. The number of nitrogens with zero attached hydrogens (tertiary/aromatic N) is 6. The van der Waals surface area contributed by atoms with Gasteiger partial charge in [-0.15, -0.1) is 5.10 Å². The zero-order chi connectivity index (χ0) is 18.6. The quantitative estimate of drug-likeness (QED) is 0.691. The number of benzene rings is 1. The summed E-state index contributed by atoms with van der Waals surface area (Å²) in [6.07, 6.45) is 0. The van der Waals surface area contributed by atoms with Crippen LogP contribution in [0.1, 0.15) is 19.7 Å². The molecule has 0 aliphatic carbocycles. The first-order chi connectivity index (χ1) is 12.5. The Morgan fingerprint density at radius 2 is 1.77 bits per heavy atom. The maximum atomic E-state index is 12.0. The molecular formula is C16H24N6O3S. The van der Waals surface area contributed by atoms with Crippen LogP contribution in [0.3, 0.4) is 0 Å². The van der Waals surface area contributed by atoms with Crippen molar-refractivity contribution < 1.29 is 13.2 Å². The van der Waals surface area contributed by atoms with Gasteiger partial charge in [0.25, 0.3) is 0 Å². The molecule has 1 aromatic carbocycles. The molecule has 0 bridgehead atoms. The van der Waals surface area contributed by atoms with Gasteiger partial charge in [-0.1, -0.05) is 0 Å². The maximum Gasteiger partial charge on any atom is 0.213 e. The minimum Gasteiger partial charge on any atom is -0.494 e. The van der Waals surface area contributed by atoms with Crippen LogP contribution in [-0.2, 0) is 16.6 Å². The van der Waals surface area contributed by atoms with E-state index >= 15 is 0 Å². The average molecular weight is 380 g/mol. The number of ether oxygens (including phenoxy) is 1. The normalized spacial score (nSPS) is 16.7. The van der Waals surface area contributed by atoms with Crippen LogP contribution in [0.15, 0.2) is 24.3 Å². The topological polar surface area (TPSA) is 93.4 Å².